The van der Waals surface area contributed by atoms with Crippen LogP contribution in [0.4, 0.5) is 5.69 Å². The highest BCUT2D eigenvalue weighted by molar-refractivity contribution is 6.03. The van der Waals surface area contributed by atoms with E-state index < -0.39 is 0 Å². The SMILES string of the molecule is C=C1C=C(c2cc(NC(=O)c3cn(C(C)(C)C)cn3)ccc2C)C=C(N2CCOCC2)N1C=NC. The molecule has 0 aliphatic carbocycles. The number of ether oxygens (including phenoxy) is 1. The monoisotopic (exact) mass is 474 g/mol. The lowest BCUT2D eigenvalue weighted by atomic mass is 9.96. The van der Waals surface area contributed by atoms with Crippen molar-refractivity contribution in [3.05, 3.63) is 77.8 Å². The Bertz CT molecular complexity index is 1210. The van der Waals surface area contributed by atoms with Crippen molar-refractivity contribution in [1.29, 1.82) is 0 Å². The number of hydrogen-bond acceptors (Lipinski definition) is 5. The van der Waals surface area contributed by atoms with Crippen molar-refractivity contribution < 1.29 is 9.53 Å². The normalized spacial score (nSPS) is 17.0. The first-order valence-electron chi connectivity index (χ1n) is 11.8. The zero-order valence-corrected chi connectivity index (χ0v) is 21.2. The Morgan fingerprint density at radius 3 is 2.63 bits per heavy atom. The number of nitrogens with zero attached hydrogens (tertiary/aromatic N) is 5. The summed E-state index contributed by atoms with van der Waals surface area (Å²) in [6.07, 6.45) is 9.46. The van der Waals surface area contributed by atoms with Crippen LogP contribution in [0.1, 0.15) is 42.4 Å². The van der Waals surface area contributed by atoms with Gasteiger partial charge in [0.1, 0.15) is 11.5 Å². The molecule has 1 saturated heterocycles. The second-order valence-corrected chi connectivity index (χ2v) is 9.76. The first kappa shape index (κ1) is 24.5. The lowest BCUT2D eigenvalue weighted by Gasteiger charge is -2.38. The highest BCUT2D eigenvalue weighted by Gasteiger charge is 2.24. The molecule has 0 atom stereocenters. The van der Waals surface area contributed by atoms with Crippen LogP contribution in [0, 0.1) is 6.92 Å². The van der Waals surface area contributed by atoms with E-state index in [4.69, 9.17) is 4.74 Å². The second kappa shape index (κ2) is 9.92. The zero-order chi connectivity index (χ0) is 25.2. The van der Waals surface area contributed by atoms with Gasteiger partial charge in [-0.25, -0.2) is 4.98 Å². The van der Waals surface area contributed by atoms with E-state index in [1.54, 1.807) is 25.9 Å². The van der Waals surface area contributed by atoms with Crippen LogP contribution in [-0.4, -0.2) is 64.9 Å². The predicted molar refractivity (Wildman–Crippen MR) is 140 cm³/mol. The molecule has 4 rings (SSSR count). The quantitative estimate of drug-likeness (QED) is 0.518. The van der Waals surface area contributed by atoms with E-state index in [0.29, 0.717) is 24.6 Å². The van der Waals surface area contributed by atoms with Crippen molar-refractivity contribution in [3.63, 3.8) is 0 Å². The molecule has 1 N–H and O–H groups in total. The Morgan fingerprint density at radius 1 is 1.23 bits per heavy atom. The molecule has 1 amide bonds. The van der Waals surface area contributed by atoms with Crippen LogP contribution in [0.2, 0.25) is 0 Å². The molecule has 0 saturated carbocycles. The fourth-order valence-corrected chi connectivity index (χ4v) is 4.10. The Morgan fingerprint density at radius 2 is 1.97 bits per heavy atom. The van der Waals surface area contributed by atoms with E-state index in [-0.39, 0.29) is 11.4 Å². The van der Waals surface area contributed by atoms with Gasteiger partial charge in [0.25, 0.3) is 5.91 Å². The molecule has 1 aromatic heterocycles. The molecular formula is C27H34N6O2. The van der Waals surface area contributed by atoms with E-state index >= 15 is 0 Å². The molecule has 8 nitrogen and oxygen atoms in total. The summed E-state index contributed by atoms with van der Waals surface area (Å²) < 4.78 is 7.48. The number of carbonyl (C=O) groups excluding carboxylic acids is 1. The number of hydrogen-bond donors (Lipinski definition) is 1. The number of benzene rings is 1. The van der Waals surface area contributed by atoms with Gasteiger partial charge in [-0.1, -0.05) is 12.6 Å². The summed E-state index contributed by atoms with van der Waals surface area (Å²) in [5.74, 6) is 0.780. The molecule has 0 spiro atoms. The van der Waals surface area contributed by atoms with Crippen LogP contribution >= 0.6 is 0 Å². The van der Waals surface area contributed by atoms with E-state index in [1.807, 2.05) is 33.7 Å². The number of imidazole rings is 1. The Kier molecular flexibility index (Phi) is 6.93. The molecule has 0 radical (unpaired) electrons. The van der Waals surface area contributed by atoms with Gasteiger partial charge in [-0.3, -0.25) is 14.7 Å². The van der Waals surface area contributed by atoms with E-state index in [1.165, 1.54) is 0 Å². The van der Waals surface area contributed by atoms with Crippen LogP contribution < -0.4 is 5.32 Å². The Hall–Kier alpha value is -3.65. The maximum absolute atomic E-state index is 12.9. The van der Waals surface area contributed by atoms with Crippen LogP contribution in [-0.2, 0) is 10.3 Å². The molecular weight excluding hydrogens is 440 g/mol. The summed E-state index contributed by atoms with van der Waals surface area (Å²) >= 11 is 0. The molecule has 8 heteroatoms. The fourth-order valence-electron chi connectivity index (χ4n) is 4.10. The molecule has 184 valence electrons. The minimum absolute atomic E-state index is 0.140. The van der Waals surface area contributed by atoms with E-state index in [9.17, 15) is 4.79 Å². The van der Waals surface area contributed by atoms with E-state index in [2.05, 4.69) is 60.5 Å². The van der Waals surface area contributed by atoms with Gasteiger partial charge in [0, 0.05) is 43.3 Å². The highest BCUT2D eigenvalue weighted by Crippen LogP contribution is 2.32. The molecule has 2 aliphatic heterocycles. The molecule has 3 heterocycles. The Balaban J connectivity index is 1.62. The fraction of sp³-hybridized carbons (Fsp3) is 0.370. The summed E-state index contributed by atoms with van der Waals surface area (Å²) in [5, 5.41) is 3.00. The third-order valence-electron chi connectivity index (χ3n) is 6.13. The maximum Gasteiger partial charge on any atom is 0.275 e. The number of carbonyl (C=O) groups is 1. The molecule has 0 unspecified atom stereocenters. The predicted octanol–water partition coefficient (Wildman–Crippen LogP) is 4.24. The number of allylic oxidation sites excluding steroid dienone is 3. The summed E-state index contributed by atoms with van der Waals surface area (Å²) in [4.78, 5) is 25.7. The molecule has 1 fully saturated rings. The van der Waals surface area contributed by atoms with Gasteiger partial charge >= 0.3 is 0 Å². The largest absolute Gasteiger partial charge is 0.378 e. The third kappa shape index (κ3) is 5.38. The number of nitrogens with one attached hydrogen (secondary N) is 1. The topological polar surface area (TPSA) is 75.0 Å². The molecule has 0 bridgehead atoms. The molecule has 2 aromatic rings. The minimum Gasteiger partial charge on any atom is -0.378 e. The second-order valence-electron chi connectivity index (χ2n) is 9.76. The first-order chi connectivity index (χ1) is 16.7. The van der Waals surface area contributed by atoms with Crippen molar-refractivity contribution >= 4 is 23.5 Å². The number of amides is 1. The number of aromatic nitrogens is 2. The first-order valence-corrected chi connectivity index (χ1v) is 11.8. The number of aryl methyl sites for hydroxylation is 1. The Labute approximate surface area is 207 Å². The number of rotatable bonds is 5. The summed E-state index contributed by atoms with van der Waals surface area (Å²) in [7, 11) is 1.75. The maximum atomic E-state index is 12.9. The molecule has 1 aromatic carbocycles. The average molecular weight is 475 g/mol. The van der Waals surface area contributed by atoms with Crippen molar-refractivity contribution in [2.75, 3.05) is 38.7 Å². The minimum atomic E-state index is -0.236. The van der Waals surface area contributed by atoms with Gasteiger partial charge in [0.2, 0.25) is 0 Å². The van der Waals surface area contributed by atoms with Crippen molar-refractivity contribution in [2.24, 2.45) is 4.99 Å². The lowest BCUT2D eigenvalue weighted by Crippen LogP contribution is -2.42. The van der Waals surface area contributed by atoms with Gasteiger partial charge in [-0.05, 0) is 68.7 Å². The standard InChI is InChI=1S/C27H34N6O2/c1-19-7-8-22(30-26(34)24-16-32(18-29-24)27(3,4)5)15-23(19)21-13-20(2)33(17-28-6)25(14-21)31-9-11-35-12-10-31/h7-8,13-18H,2,9-12H2,1,3-6H3,(H,30,34). The van der Waals surface area contributed by atoms with Crippen molar-refractivity contribution in [3.8, 4) is 0 Å². The number of aliphatic imine (C=N–C) groups is 1. The zero-order valence-electron chi connectivity index (χ0n) is 21.2. The third-order valence-corrected chi connectivity index (χ3v) is 6.13. The number of morpholine rings is 1. The molecule has 2 aliphatic rings. The lowest BCUT2D eigenvalue weighted by molar-refractivity contribution is 0.0459. The van der Waals surface area contributed by atoms with Crippen molar-refractivity contribution in [1.82, 2.24) is 19.4 Å². The van der Waals surface area contributed by atoms with Crippen molar-refractivity contribution in [2.45, 2.75) is 33.2 Å². The summed E-state index contributed by atoms with van der Waals surface area (Å²) in [6.45, 7) is 15.5. The summed E-state index contributed by atoms with van der Waals surface area (Å²) in [6, 6.07) is 5.94. The highest BCUT2D eigenvalue weighted by atomic mass is 16.5. The van der Waals surface area contributed by atoms with Gasteiger partial charge < -0.3 is 19.5 Å². The van der Waals surface area contributed by atoms with Crippen LogP contribution in [0.3, 0.4) is 0 Å². The number of anilines is 1. The van der Waals surface area contributed by atoms with Gasteiger partial charge in [-0.2, -0.15) is 0 Å². The smallest absolute Gasteiger partial charge is 0.275 e. The average Bonchev–Trinajstić information content (AvgIpc) is 3.33. The van der Waals surface area contributed by atoms with Gasteiger partial charge in [0.15, 0.2) is 0 Å². The molecule has 35 heavy (non-hydrogen) atoms. The van der Waals surface area contributed by atoms with Crippen LogP contribution in [0.15, 0.2) is 66.0 Å². The van der Waals surface area contributed by atoms with Gasteiger partial charge in [0.05, 0.1) is 25.9 Å². The van der Waals surface area contributed by atoms with Crippen LogP contribution in [0.25, 0.3) is 5.57 Å². The van der Waals surface area contributed by atoms with Gasteiger partial charge in [-0.15, -0.1) is 0 Å². The summed E-state index contributed by atoms with van der Waals surface area (Å²) in [5.41, 5.74) is 4.96. The van der Waals surface area contributed by atoms with E-state index in [0.717, 1.165) is 41.3 Å². The van der Waals surface area contributed by atoms with Crippen LogP contribution in [0.5, 0.6) is 0 Å².